The molecule has 1 saturated heterocycles. The van der Waals surface area contributed by atoms with E-state index in [0.29, 0.717) is 18.6 Å². The molecule has 0 aliphatic carbocycles. The van der Waals surface area contributed by atoms with Gasteiger partial charge in [0.25, 0.3) is 0 Å². The fourth-order valence-electron chi connectivity index (χ4n) is 2.18. The highest BCUT2D eigenvalue weighted by Gasteiger charge is 2.30. The van der Waals surface area contributed by atoms with E-state index in [-0.39, 0.29) is 17.7 Å². The van der Waals surface area contributed by atoms with Crippen LogP contribution < -0.4 is 11.3 Å². The zero-order valence-corrected chi connectivity index (χ0v) is 10.2. The van der Waals surface area contributed by atoms with Gasteiger partial charge in [0, 0.05) is 24.0 Å². The lowest BCUT2D eigenvalue weighted by Crippen LogP contribution is -2.30. The van der Waals surface area contributed by atoms with E-state index in [0.717, 1.165) is 5.56 Å². The SMILES string of the molecule is NNC(CC1CCS(=O)(=O)C1)c1cncnc1. The van der Waals surface area contributed by atoms with E-state index in [4.69, 9.17) is 5.84 Å². The number of aromatic nitrogens is 2. The smallest absolute Gasteiger partial charge is 0.150 e. The van der Waals surface area contributed by atoms with Crippen molar-refractivity contribution in [3.8, 4) is 0 Å². The zero-order chi connectivity index (χ0) is 12.3. The summed E-state index contributed by atoms with van der Waals surface area (Å²) in [7, 11) is -2.83. The van der Waals surface area contributed by atoms with Crippen molar-refractivity contribution in [1.29, 1.82) is 0 Å². The van der Waals surface area contributed by atoms with Gasteiger partial charge in [-0.15, -0.1) is 0 Å². The number of hydrogen-bond acceptors (Lipinski definition) is 6. The minimum Gasteiger partial charge on any atom is -0.271 e. The van der Waals surface area contributed by atoms with E-state index in [9.17, 15) is 8.42 Å². The Balaban J connectivity index is 2.02. The maximum Gasteiger partial charge on any atom is 0.150 e. The molecular formula is C10H16N4O2S. The van der Waals surface area contributed by atoms with Gasteiger partial charge in [-0.05, 0) is 18.8 Å². The van der Waals surface area contributed by atoms with E-state index >= 15 is 0 Å². The quantitative estimate of drug-likeness (QED) is 0.572. The summed E-state index contributed by atoms with van der Waals surface area (Å²) in [4.78, 5) is 7.86. The summed E-state index contributed by atoms with van der Waals surface area (Å²) in [6, 6.07) is -0.0884. The Morgan fingerprint density at radius 1 is 1.47 bits per heavy atom. The fourth-order valence-corrected chi connectivity index (χ4v) is 4.06. The van der Waals surface area contributed by atoms with Crippen LogP contribution in [0.1, 0.15) is 24.4 Å². The number of hydrogen-bond donors (Lipinski definition) is 2. The van der Waals surface area contributed by atoms with Crippen LogP contribution >= 0.6 is 0 Å². The number of nitrogens with one attached hydrogen (secondary N) is 1. The van der Waals surface area contributed by atoms with Gasteiger partial charge in [-0.25, -0.2) is 18.4 Å². The molecule has 2 heterocycles. The van der Waals surface area contributed by atoms with Gasteiger partial charge in [0.1, 0.15) is 6.33 Å². The third-order valence-corrected chi connectivity index (χ3v) is 4.92. The fraction of sp³-hybridized carbons (Fsp3) is 0.600. The maximum absolute atomic E-state index is 11.4. The molecule has 0 saturated carbocycles. The molecule has 94 valence electrons. The van der Waals surface area contributed by atoms with E-state index in [2.05, 4.69) is 15.4 Å². The third kappa shape index (κ3) is 3.21. The Hall–Kier alpha value is -1.05. The summed E-state index contributed by atoms with van der Waals surface area (Å²) in [5, 5.41) is 0. The van der Waals surface area contributed by atoms with Crippen molar-refractivity contribution in [3.63, 3.8) is 0 Å². The van der Waals surface area contributed by atoms with Crippen LogP contribution in [0.4, 0.5) is 0 Å². The molecule has 2 atom stereocenters. The van der Waals surface area contributed by atoms with Crippen LogP contribution in [-0.4, -0.2) is 29.9 Å². The molecule has 2 unspecified atom stereocenters. The zero-order valence-electron chi connectivity index (χ0n) is 9.41. The van der Waals surface area contributed by atoms with Gasteiger partial charge >= 0.3 is 0 Å². The molecule has 6 nitrogen and oxygen atoms in total. The van der Waals surface area contributed by atoms with Crippen LogP contribution in [0.15, 0.2) is 18.7 Å². The molecule has 17 heavy (non-hydrogen) atoms. The minimum absolute atomic E-state index is 0.0884. The summed E-state index contributed by atoms with van der Waals surface area (Å²) in [6.45, 7) is 0. The molecule has 0 aromatic carbocycles. The van der Waals surface area contributed by atoms with Gasteiger partial charge in [0.2, 0.25) is 0 Å². The van der Waals surface area contributed by atoms with Gasteiger partial charge in [0.15, 0.2) is 9.84 Å². The van der Waals surface area contributed by atoms with Crippen molar-refractivity contribution in [2.45, 2.75) is 18.9 Å². The summed E-state index contributed by atoms with van der Waals surface area (Å²) in [5.74, 6) is 6.22. The molecule has 1 aliphatic rings. The Labute approximate surface area is 101 Å². The van der Waals surface area contributed by atoms with Crippen LogP contribution in [0.3, 0.4) is 0 Å². The molecule has 0 amide bonds. The molecular weight excluding hydrogens is 240 g/mol. The second-order valence-corrected chi connectivity index (χ2v) is 6.62. The number of hydrazine groups is 1. The average molecular weight is 256 g/mol. The first kappa shape index (κ1) is 12.4. The molecule has 1 aromatic rings. The minimum atomic E-state index is -2.83. The van der Waals surface area contributed by atoms with Crippen LogP contribution in [0, 0.1) is 5.92 Å². The highest BCUT2D eigenvalue weighted by Crippen LogP contribution is 2.27. The molecule has 7 heteroatoms. The third-order valence-electron chi connectivity index (χ3n) is 3.08. The van der Waals surface area contributed by atoms with Gasteiger partial charge in [0.05, 0.1) is 11.5 Å². The molecule has 0 spiro atoms. The number of nitrogens with zero attached hydrogens (tertiary/aromatic N) is 2. The van der Waals surface area contributed by atoms with Crippen LogP contribution in [0.2, 0.25) is 0 Å². The number of sulfone groups is 1. The lowest BCUT2D eigenvalue weighted by molar-refractivity contribution is 0.419. The summed E-state index contributed by atoms with van der Waals surface area (Å²) < 4.78 is 22.7. The van der Waals surface area contributed by atoms with E-state index < -0.39 is 9.84 Å². The molecule has 1 fully saturated rings. The standard InChI is InChI=1S/C10H16N4O2S/c11-14-10(9-4-12-7-13-5-9)3-8-1-2-17(15,16)6-8/h4-5,7-8,10,14H,1-3,6,11H2. The molecule has 2 rings (SSSR count). The topological polar surface area (TPSA) is 98.0 Å². The molecule has 0 bridgehead atoms. The Kier molecular flexibility index (Phi) is 3.70. The van der Waals surface area contributed by atoms with Gasteiger partial charge < -0.3 is 0 Å². The first-order valence-corrected chi connectivity index (χ1v) is 7.34. The number of nitrogens with two attached hydrogens (primary N) is 1. The summed E-state index contributed by atoms with van der Waals surface area (Å²) in [5.41, 5.74) is 3.59. The van der Waals surface area contributed by atoms with E-state index in [1.54, 1.807) is 12.4 Å². The van der Waals surface area contributed by atoms with Crippen molar-refractivity contribution < 1.29 is 8.42 Å². The molecule has 1 aromatic heterocycles. The van der Waals surface area contributed by atoms with Crippen molar-refractivity contribution in [3.05, 3.63) is 24.3 Å². The predicted molar refractivity (Wildman–Crippen MR) is 63.5 cm³/mol. The number of rotatable bonds is 4. The monoisotopic (exact) mass is 256 g/mol. The summed E-state index contributed by atoms with van der Waals surface area (Å²) in [6.07, 6.45) is 6.26. The van der Waals surface area contributed by atoms with Crippen LogP contribution in [0.25, 0.3) is 0 Å². The lowest BCUT2D eigenvalue weighted by atomic mass is 9.96. The molecule has 1 aliphatic heterocycles. The summed E-state index contributed by atoms with van der Waals surface area (Å²) >= 11 is 0. The normalized spacial score (nSPS) is 24.6. The first-order valence-electron chi connectivity index (χ1n) is 5.52. The average Bonchev–Trinajstić information content (AvgIpc) is 2.67. The first-order chi connectivity index (χ1) is 8.11. The van der Waals surface area contributed by atoms with Gasteiger partial charge in [-0.1, -0.05) is 0 Å². The van der Waals surface area contributed by atoms with Crippen molar-refractivity contribution in [2.75, 3.05) is 11.5 Å². The Bertz CT molecular complexity index is 462. The van der Waals surface area contributed by atoms with E-state index in [1.165, 1.54) is 6.33 Å². The van der Waals surface area contributed by atoms with Gasteiger partial charge in [-0.2, -0.15) is 0 Å². The van der Waals surface area contributed by atoms with Crippen molar-refractivity contribution in [2.24, 2.45) is 11.8 Å². The predicted octanol–water partition coefficient (Wildman–Crippen LogP) is -0.194. The highest BCUT2D eigenvalue weighted by molar-refractivity contribution is 7.91. The van der Waals surface area contributed by atoms with Crippen molar-refractivity contribution in [1.82, 2.24) is 15.4 Å². The van der Waals surface area contributed by atoms with Crippen LogP contribution in [-0.2, 0) is 9.84 Å². The largest absolute Gasteiger partial charge is 0.271 e. The van der Waals surface area contributed by atoms with Crippen molar-refractivity contribution >= 4 is 9.84 Å². The second kappa shape index (κ2) is 5.07. The molecule has 3 N–H and O–H groups in total. The highest BCUT2D eigenvalue weighted by atomic mass is 32.2. The second-order valence-electron chi connectivity index (χ2n) is 4.40. The Morgan fingerprint density at radius 3 is 2.71 bits per heavy atom. The van der Waals surface area contributed by atoms with Gasteiger partial charge in [-0.3, -0.25) is 11.3 Å². The van der Waals surface area contributed by atoms with E-state index in [1.807, 2.05) is 0 Å². The molecule has 0 radical (unpaired) electrons. The van der Waals surface area contributed by atoms with Crippen LogP contribution in [0.5, 0.6) is 0 Å². The lowest BCUT2D eigenvalue weighted by Gasteiger charge is -2.18. The Morgan fingerprint density at radius 2 is 2.18 bits per heavy atom. The maximum atomic E-state index is 11.4.